The number of halogens is 2. The second-order valence-corrected chi connectivity index (χ2v) is 5.84. The van der Waals surface area contributed by atoms with Crippen LogP contribution in [0.15, 0.2) is 48.5 Å². The first-order valence-electron chi connectivity index (χ1n) is 6.64. The summed E-state index contributed by atoms with van der Waals surface area (Å²) in [5.41, 5.74) is 2.06. The van der Waals surface area contributed by atoms with Crippen LogP contribution in [-0.4, -0.2) is 4.98 Å². The molecule has 3 rings (SSSR count). The molecule has 0 saturated heterocycles. The highest BCUT2D eigenvalue weighted by molar-refractivity contribution is 7.18. The lowest BCUT2D eigenvalue weighted by molar-refractivity contribution is 0.151. The average molecular weight is 304 g/mol. The summed E-state index contributed by atoms with van der Waals surface area (Å²) in [7, 11) is 0. The predicted molar refractivity (Wildman–Crippen MR) is 81.6 cm³/mol. The van der Waals surface area contributed by atoms with E-state index in [1.807, 2.05) is 18.2 Å². The molecular weight excluding hydrogens is 290 g/mol. The topological polar surface area (TPSA) is 24.9 Å². The predicted octanol–water partition coefficient (Wildman–Crippen LogP) is 4.52. The van der Waals surface area contributed by atoms with Crippen molar-refractivity contribution in [2.75, 3.05) is 0 Å². The molecule has 0 radical (unpaired) electrons. The van der Waals surface area contributed by atoms with E-state index in [2.05, 4.69) is 16.4 Å². The molecule has 1 N–H and O–H groups in total. The van der Waals surface area contributed by atoms with Crippen LogP contribution in [0.1, 0.15) is 22.6 Å². The molecule has 0 aliphatic heterocycles. The Morgan fingerprint density at radius 3 is 2.48 bits per heavy atom. The van der Waals surface area contributed by atoms with Crippen LogP contribution in [0, 0.1) is 0 Å². The minimum atomic E-state index is -2.41. The fourth-order valence-corrected chi connectivity index (χ4v) is 3.03. The number of thiazole rings is 1. The highest BCUT2D eigenvalue weighted by Crippen LogP contribution is 2.21. The smallest absolute Gasteiger partial charge is 0.263 e. The Hall–Kier alpha value is -1.85. The molecule has 0 atom stereocenters. The Labute approximate surface area is 125 Å². The van der Waals surface area contributed by atoms with E-state index in [9.17, 15) is 8.78 Å². The molecular formula is C16H14F2N2S. The highest BCUT2D eigenvalue weighted by atomic mass is 32.1. The zero-order chi connectivity index (χ0) is 14.7. The van der Waals surface area contributed by atoms with Gasteiger partial charge in [-0.25, -0.2) is 13.8 Å². The quantitative estimate of drug-likeness (QED) is 0.749. The van der Waals surface area contributed by atoms with Crippen LogP contribution < -0.4 is 5.32 Å². The van der Waals surface area contributed by atoms with Crippen molar-refractivity contribution in [3.63, 3.8) is 0 Å². The molecule has 0 amide bonds. The van der Waals surface area contributed by atoms with Gasteiger partial charge in [0.1, 0.15) is 5.01 Å². The Kier molecular flexibility index (Phi) is 4.22. The molecule has 0 spiro atoms. The molecule has 0 unspecified atom stereocenters. The van der Waals surface area contributed by atoms with Crippen LogP contribution in [0.5, 0.6) is 0 Å². The summed E-state index contributed by atoms with van der Waals surface area (Å²) in [5.74, 6) is 0. The molecule has 0 saturated carbocycles. The van der Waals surface area contributed by atoms with Gasteiger partial charge in [-0.05, 0) is 17.7 Å². The number of para-hydroxylation sites is 1. The largest absolute Gasteiger partial charge is 0.306 e. The first-order chi connectivity index (χ1) is 10.2. The van der Waals surface area contributed by atoms with Gasteiger partial charge in [0, 0.05) is 18.7 Å². The van der Waals surface area contributed by atoms with E-state index in [4.69, 9.17) is 0 Å². The van der Waals surface area contributed by atoms with E-state index >= 15 is 0 Å². The highest BCUT2D eigenvalue weighted by Gasteiger charge is 2.06. The van der Waals surface area contributed by atoms with Gasteiger partial charge in [-0.1, -0.05) is 36.4 Å². The van der Waals surface area contributed by atoms with Crippen molar-refractivity contribution in [2.45, 2.75) is 19.5 Å². The number of hydrogen-bond donors (Lipinski definition) is 1. The van der Waals surface area contributed by atoms with Gasteiger partial charge in [0.05, 0.1) is 10.2 Å². The third kappa shape index (κ3) is 3.43. The van der Waals surface area contributed by atoms with Gasteiger partial charge in [-0.2, -0.15) is 0 Å². The van der Waals surface area contributed by atoms with Crippen LogP contribution in [0.2, 0.25) is 0 Å². The number of rotatable bonds is 5. The van der Waals surface area contributed by atoms with E-state index in [1.165, 1.54) is 16.8 Å². The molecule has 0 aliphatic carbocycles. The Morgan fingerprint density at radius 1 is 1.00 bits per heavy atom. The van der Waals surface area contributed by atoms with Crippen LogP contribution in [0.3, 0.4) is 0 Å². The standard InChI is InChI=1S/C16H14F2N2S/c17-16(18)12-7-5-11(6-8-12)9-19-10-15-20-13-3-1-2-4-14(13)21-15/h1-8,16,19H,9-10H2. The zero-order valence-electron chi connectivity index (χ0n) is 11.2. The fourth-order valence-electron chi connectivity index (χ4n) is 2.09. The molecule has 3 aromatic rings. The van der Waals surface area contributed by atoms with Gasteiger partial charge in [-0.15, -0.1) is 11.3 Å². The van der Waals surface area contributed by atoms with Gasteiger partial charge in [0.15, 0.2) is 0 Å². The van der Waals surface area contributed by atoms with Gasteiger partial charge in [-0.3, -0.25) is 0 Å². The summed E-state index contributed by atoms with van der Waals surface area (Å²) in [4.78, 5) is 4.54. The minimum absolute atomic E-state index is 0.0601. The lowest BCUT2D eigenvalue weighted by Gasteiger charge is -2.04. The Balaban J connectivity index is 1.58. The van der Waals surface area contributed by atoms with Crippen molar-refractivity contribution in [3.05, 3.63) is 64.7 Å². The third-order valence-electron chi connectivity index (χ3n) is 3.18. The van der Waals surface area contributed by atoms with Crippen LogP contribution in [0.25, 0.3) is 10.2 Å². The number of aromatic nitrogens is 1. The van der Waals surface area contributed by atoms with Crippen molar-refractivity contribution < 1.29 is 8.78 Å². The van der Waals surface area contributed by atoms with Crippen LogP contribution in [0.4, 0.5) is 8.78 Å². The Bertz CT molecular complexity index is 689. The molecule has 0 aliphatic rings. The number of nitrogens with zero attached hydrogens (tertiary/aromatic N) is 1. The number of hydrogen-bond acceptors (Lipinski definition) is 3. The molecule has 2 nitrogen and oxygen atoms in total. The van der Waals surface area contributed by atoms with E-state index in [0.717, 1.165) is 16.1 Å². The van der Waals surface area contributed by atoms with Gasteiger partial charge in [0.2, 0.25) is 0 Å². The first-order valence-corrected chi connectivity index (χ1v) is 7.46. The molecule has 0 fully saturated rings. The molecule has 1 heterocycles. The van der Waals surface area contributed by atoms with Gasteiger partial charge < -0.3 is 5.32 Å². The van der Waals surface area contributed by atoms with Gasteiger partial charge >= 0.3 is 0 Å². The third-order valence-corrected chi connectivity index (χ3v) is 4.21. The average Bonchev–Trinajstić information content (AvgIpc) is 2.90. The fraction of sp³-hybridized carbons (Fsp3) is 0.188. The normalized spacial score (nSPS) is 11.4. The molecule has 5 heteroatoms. The summed E-state index contributed by atoms with van der Waals surface area (Å²) >= 11 is 1.67. The first kappa shape index (κ1) is 14.1. The monoisotopic (exact) mass is 304 g/mol. The molecule has 0 bridgehead atoms. The summed E-state index contributed by atoms with van der Waals surface area (Å²) in [6.45, 7) is 1.31. The van der Waals surface area contributed by atoms with Crippen LogP contribution >= 0.6 is 11.3 Å². The lowest BCUT2D eigenvalue weighted by atomic mass is 10.1. The minimum Gasteiger partial charge on any atom is -0.306 e. The second kappa shape index (κ2) is 6.28. The Morgan fingerprint density at radius 2 is 1.76 bits per heavy atom. The van der Waals surface area contributed by atoms with E-state index in [-0.39, 0.29) is 5.56 Å². The lowest BCUT2D eigenvalue weighted by Crippen LogP contribution is -2.12. The number of benzene rings is 2. The van der Waals surface area contributed by atoms with Gasteiger partial charge in [0.25, 0.3) is 6.43 Å². The maximum Gasteiger partial charge on any atom is 0.263 e. The summed E-state index contributed by atoms with van der Waals surface area (Å²) < 4.78 is 26.1. The van der Waals surface area contributed by atoms with Crippen LogP contribution in [-0.2, 0) is 13.1 Å². The zero-order valence-corrected chi connectivity index (χ0v) is 12.0. The van der Waals surface area contributed by atoms with E-state index in [0.29, 0.717) is 13.1 Å². The summed E-state index contributed by atoms with van der Waals surface area (Å²) in [6, 6.07) is 14.4. The summed E-state index contributed by atoms with van der Waals surface area (Å²) in [6.07, 6.45) is -2.41. The van der Waals surface area contributed by atoms with Crippen molar-refractivity contribution in [2.24, 2.45) is 0 Å². The maximum atomic E-state index is 12.5. The SMILES string of the molecule is FC(F)c1ccc(CNCc2nc3ccccc3s2)cc1. The van der Waals surface area contributed by atoms with Crippen molar-refractivity contribution >= 4 is 21.6 Å². The van der Waals surface area contributed by atoms with E-state index in [1.54, 1.807) is 23.5 Å². The van der Waals surface area contributed by atoms with E-state index < -0.39 is 6.43 Å². The number of nitrogens with one attached hydrogen (secondary N) is 1. The van der Waals surface area contributed by atoms with Crippen molar-refractivity contribution in [1.82, 2.24) is 10.3 Å². The second-order valence-electron chi connectivity index (χ2n) is 4.72. The van der Waals surface area contributed by atoms with Crippen molar-refractivity contribution in [1.29, 1.82) is 0 Å². The molecule has 21 heavy (non-hydrogen) atoms. The molecule has 2 aromatic carbocycles. The van der Waals surface area contributed by atoms with Crippen molar-refractivity contribution in [3.8, 4) is 0 Å². The summed E-state index contributed by atoms with van der Waals surface area (Å²) in [5, 5.41) is 4.32. The number of fused-ring (bicyclic) bond motifs is 1. The molecule has 108 valence electrons. The maximum absolute atomic E-state index is 12.5. The molecule has 1 aromatic heterocycles. The number of alkyl halides is 2.